The zero-order valence-corrected chi connectivity index (χ0v) is 13.6. The van der Waals surface area contributed by atoms with E-state index in [1.54, 1.807) is 0 Å². The lowest BCUT2D eigenvalue weighted by Gasteiger charge is -2.27. The molecule has 1 rings (SSSR count). The van der Waals surface area contributed by atoms with Gasteiger partial charge in [-0.2, -0.15) is 0 Å². The van der Waals surface area contributed by atoms with Crippen LogP contribution in [-0.4, -0.2) is 49.1 Å². The summed E-state index contributed by atoms with van der Waals surface area (Å²) in [6, 6.07) is 0.0279. The average Bonchev–Trinajstić information content (AvgIpc) is 3.00. The van der Waals surface area contributed by atoms with E-state index in [1.165, 1.54) is 5.01 Å². The number of ether oxygens (including phenoxy) is 1. The van der Waals surface area contributed by atoms with Crippen LogP contribution in [-0.2, 0) is 9.53 Å². The van der Waals surface area contributed by atoms with Gasteiger partial charge in [-0.1, -0.05) is 18.5 Å². The van der Waals surface area contributed by atoms with Crippen molar-refractivity contribution in [1.29, 1.82) is 0 Å². The molecule has 0 bridgehead atoms. The highest BCUT2D eigenvalue weighted by Gasteiger charge is 2.31. The van der Waals surface area contributed by atoms with Crippen molar-refractivity contribution in [1.82, 2.24) is 5.01 Å². The fourth-order valence-electron chi connectivity index (χ4n) is 2.37. The lowest BCUT2D eigenvalue weighted by molar-refractivity contribution is -0.113. The van der Waals surface area contributed by atoms with E-state index in [-0.39, 0.29) is 29.6 Å². The van der Waals surface area contributed by atoms with Crippen LogP contribution in [0.2, 0.25) is 0 Å². The van der Waals surface area contributed by atoms with E-state index in [0.29, 0.717) is 18.8 Å². The Labute approximate surface area is 136 Å². The SMILES string of the molecule is C=N/C(Cl)=C(/N)C(=NCCC)N(N)C1CCC(OCC=O)C1. The first kappa shape index (κ1) is 18.6. The van der Waals surface area contributed by atoms with Crippen LogP contribution in [0, 0.1) is 0 Å². The Morgan fingerprint density at radius 1 is 1.55 bits per heavy atom. The zero-order valence-electron chi connectivity index (χ0n) is 12.9. The van der Waals surface area contributed by atoms with Gasteiger partial charge in [-0.15, -0.1) is 0 Å². The minimum Gasteiger partial charge on any atom is -0.393 e. The first-order chi connectivity index (χ1) is 10.5. The molecule has 0 heterocycles. The summed E-state index contributed by atoms with van der Waals surface area (Å²) in [6.07, 6.45) is 4.01. The molecule has 1 fully saturated rings. The smallest absolute Gasteiger partial charge is 0.164 e. The summed E-state index contributed by atoms with van der Waals surface area (Å²) in [5.41, 5.74) is 6.19. The standard InChI is InChI=1S/C14H24ClN5O2/c1-3-6-19-14(12(16)13(15)18-2)20(17)10-4-5-11(9-10)22-8-7-21/h7,10-11H,2-6,8-9,16-17H2,1H3/b13-12+,19-14?. The average molecular weight is 330 g/mol. The second-order valence-electron chi connectivity index (χ2n) is 5.06. The van der Waals surface area contributed by atoms with Gasteiger partial charge >= 0.3 is 0 Å². The maximum absolute atomic E-state index is 10.4. The number of hydrazine groups is 1. The van der Waals surface area contributed by atoms with Crippen molar-refractivity contribution in [2.45, 2.75) is 44.8 Å². The lowest BCUT2D eigenvalue weighted by atomic mass is 10.2. The first-order valence-corrected chi connectivity index (χ1v) is 7.68. The molecule has 8 heteroatoms. The molecular formula is C14H24ClN5O2. The summed E-state index contributed by atoms with van der Waals surface area (Å²) < 4.78 is 5.43. The summed E-state index contributed by atoms with van der Waals surface area (Å²) >= 11 is 5.94. The fourth-order valence-corrected chi connectivity index (χ4v) is 2.46. The van der Waals surface area contributed by atoms with E-state index in [1.807, 2.05) is 6.92 Å². The molecule has 0 spiro atoms. The second kappa shape index (κ2) is 9.55. The highest BCUT2D eigenvalue weighted by Crippen LogP contribution is 2.26. The molecule has 0 saturated heterocycles. The largest absolute Gasteiger partial charge is 0.393 e. The van der Waals surface area contributed by atoms with Crippen molar-refractivity contribution < 1.29 is 9.53 Å². The summed E-state index contributed by atoms with van der Waals surface area (Å²) in [4.78, 5) is 18.4. The number of hydrogen-bond donors (Lipinski definition) is 2. The number of halogens is 1. The van der Waals surface area contributed by atoms with Crippen LogP contribution >= 0.6 is 11.6 Å². The normalized spacial score (nSPS) is 23.1. The molecule has 0 aromatic heterocycles. The minimum atomic E-state index is 0.0203. The summed E-state index contributed by atoms with van der Waals surface area (Å²) in [5.74, 6) is 6.61. The Kier molecular flexibility index (Phi) is 8.08. The van der Waals surface area contributed by atoms with Crippen LogP contribution in [0.1, 0.15) is 32.6 Å². The Morgan fingerprint density at radius 3 is 2.86 bits per heavy atom. The van der Waals surface area contributed by atoms with Gasteiger partial charge in [0.05, 0.1) is 6.10 Å². The number of aliphatic imine (C=N–C) groups is 2. The molecule has 2 atom stereocenters. The Morgan fingerprint density at radius 2 is 2.27 bits per heavy atom. The van der Waals surface area contributed by atoms with Gasteiger partial charge in [0.2, 0.25) is 0 Å². The molecule has 1 aliphatic rings. The van der Waals surface area contributed by atoms with Gasteiger partial charge < -0.3 is 15.3 Å². The predicted molar refractivity (Wildman–Crippen MR) is 88.7 cm³/mol. The third kappa shape index (κ3) is 5.08. The quantitative estimate of drug-likeness (QED) is 0.174. The maximum Gasteiger partial charge on any atom is 0.164 e. The van der Waals surface area contributed by atoms with Crippen molar-refractivity contribution in [2.75, 3.05) is 13.2 Å². The summed E-state index contributed by atoms with van der Waals surface area (Å²) in [5, 5.41) is 1.61. The van der Waals surface area contributed by atoms with Crippen LogP contribution in [0.25, 0.3) is 0 Å². The molecule has 124 valence electrons. The number of nitrogens with two attached hydrogens (primary N) is 2. The van der Waals surface area contributed by atoms with Crippen molar-refractivity contribution in [3.05, 3.63) is 10.9 Å². The van der Waals surface area contributed by atoms with Crippen LogP contribution < -0.4 is 11.6 Å². The highest BCUT2D eigenvalue weighted by molar-refractivity contribution is 6.32. The molecule has 0 amide bonds. The lowest BCUT2D eigenvalue weighted by Crippen LogP contribution is -2.47. The molecule has 4 N–H and O–H groups in total. The van der Waals surface area contributed by atoms with Gasteiger partial charge in [0, 0.05) is 12.6 Å². The van der Waals surface area contributed by atoms with E-state index >= 15 is 0 Å². The summed E-state index contributed by atoms with van der Waals surface area (Å²) in [6.45, 7) is 6.06. The third-order valence-electron chi connectivity index (χ3n) is 3.48. The van der Waals surface area contributed by atoms with Gasteiger partial charge in [0.25, 0.3) is 0 Å². The molecule has 1 aliphatic carbocycles. The van der Waals surface area contributed by atoms with Gasteiger partial charge in [0.15, 0.2) is 11.0 Å². The van der Waals surface area contributed by atoms with Gasteiger partial charge in [-0.05, 0) is 32.4 Å². The van der Waals surface area contributed by atoms with Crippen molar-refractivity contribution in [3.63, 3.8) is 0 Å². The van der Waals surface area contributed by atoms with E-state index in [2.05, 4.69) is 16.7 Å². The number of hydrogen-bond acceptors (Lipinski definition) is 6. The molecule has 22 heavy (non-hydrogen) atoms. The highest BCUT2D eigenvalue weighted by atomic mass is 35.5. The van der Waals surface area contributed by atoms with Crippen molar-refractivity contribution in [3.8, 4) is 0 Å². The number of amidine groups is 1. The van der Waals surface area contributed by atoms with Gasteiger partial charge in [0.1, 0.15) is 18.6 Å². The molecular weight excluding hydrogens is 306 g/mol. The Balaban J connectivity index is 2.83. The molecule has 1 saturated carbocycles. The van der Waals surface area contributed by atoms with E-state index in [9.17, 15) is 4.79 Å². The van der Waals surface area contributed by atoms with E-state index in [0.717, 1.165) is 25.5 Å². The Hall–Kier alpha value is -1.44. The first-order valence-electron chi connectivity index (χ1n) is 7.31. The van der Waals surface area contributed by atoms with Gasteiger partial charge in [-0.3, -0.25) is 15.0 Å². The van der Waals surface area contributed by atoms with Crippen molar-refractivity contribution in [2.24, 2.45) is 21.6 Å². The molecule has 0 aromatic carbocycles. The zero-order chi connectivity index (χ0) is 16.5. The molecule has 2 unspecified atom stereocenters. The number of carbonyl (C=O) groups is 1. The molecule has 0 aliphatic heterocycles. The number of nitrogens with zero attached hydrogens (tertiary/aromatic N) is 3. The van der Waals surface area contributed by atoms with Crippen LogP contribution in [0.5, 0.6) is 0 Å². The van der Waals surface area contributed by atoms with Gasteiger partial charge in [-0.25, -0.2) is 5.84 Å². The third-order valence-corrected chi connectivity index (χ3v) is 3.81. The topological polar surface area (TPSA) is 106 Å². The maximum atomic E-state index is 10.4. The van der Waals surface area contributed by atoms with Crippen molar-refractivity contribution >= 4 is 30.4 Å². The number of rotatable bonds is 8. The second-order valence-corrected chi connectivity index (χ2v) is 5.42. The monoisotopic (exact) mass is 329 g/mol. The number of carbonyl (C=O) groups excluding carboxylic acids is 1. The summed E-state index contributed by atoms with van der Waals surface area (Å²) in [7, 11) is 0. The van der Waals surface area contributed by atoms with Crippen LogP contribution in [0.15, 0.2) is 20.8 Å². The Bertz CT molecular complexity index is 453. The molecule has 0 radical (unpaired) electrons. The number of aldehydes is 1. The van der Waals surface area contributed by atoms with Crippen LogP contribution in [0.4, 0.5) is 0 Å². The van der Waals surface area contributed by atoms with E-state index in [4.69, 9.17) is 27.9 Å². The van der Waals surface area contributed by atoms with Crippen LogP contribution in [0.3, 0.4) is 0 Å². The fraction of sp³-hybridized carbons (Fsp3) is 0.643. The molecule has 7 nitrogen and oxygen atoms in total. The predicted octanol–water partition coefficient (Wildman–Crippen LogP) is 1.17. The minimum absolute atomic E-state index is 0.0203. The molecule has 0 aromatic rings. The van der Waals surface area contributed by atoms with E-state index < -0.39 is 0 Å².